The maximum atomic E-state index is 13.4. The number of hydrogen-bond donors (Lipinski definition) is 0. The Morgan fingerprint density at radius 2 is 1.90 bits per heavy atom. The van der Waals surface area contributed by atoms with Gasteiger partial charge in [0.05, 0.1) is 0 Å². The number of likely N-dealkylation sites (tertiary alicyclic amines) is 1. The van der Waals surface area contributed by atoms with Gasteiger partial charge < -0.3 is 0 Å². The van der Waals surface area contributed by atoms with Crippen LogP contribution >= 0.6 is 0 Å². The summed E-state index contributed by atoms with van der Waals surface area (Å²) in [5.74, 6) is -0.287. The van der Waals surface area contributed by atoms with Crippen LogP contribution in [0.5, 0.6) is 0 Å². The van der Waals surface area contributed by atoms with E-state index < -0.39 is 0 Å². The Morgan fingerprint density at radius 1 is 1.20 bits per heavy atom. The molecule has 1 aliphatic heterocycles. The van der Waals surface area contributed by atoms with Gasteiger partial charge in [0.1, 0.15) is 23.5 Å². The van der Waals surface area contributed by atoms with E-state index in [1.54, 1.807) is 6.07 Å². The zero-order valence-corrected chi connectivity index (χ0v) is 11.3. The molecular formula is C16H16FN3. The van der Waals surface area contributed by atoms with Crippen molar-refractivity contribution in [1.82, 2.24) is 4.90 Å². The van der Waals surface area contributed by atoms with Crippen LogP contribution in [0.4, 0.5) is 4.39 Å². The summed E-state index contributed by atoms with van der Waals surface area (Å²) in [6.45, 7) is 2.69. The van der Waals surface area contributed by atoms with E-state index >= 15 is 0 Å². The number of allylic oxidation sites excluding steroid dienone is 1. The van der Waals surface area contributed by atoms with Gasteiger partial charge in [-0.3, -0.25) is 4.90 Å². The summed E-state index contributed by atoms with van der Waals surface area (Å²) in [5.41, 5.74) is 1.61. The molecule has 20 heavy (non-hydrogen) atoms. The maximum absolute atomic E-state index is 13.4. The molecule has 0 unspecified atom stereocenters. The third kappa shape index (κ3) is 3.66. The van der Waals surface area contributed by atoms with Crippen molar-refractivity contribution in [3.8, 4) is 12.1 Å². The molecule has 2 rings (SSSR count). The fourth-order valence-electron chi connectivity index (χ4n) is 2.46. The monoisotopic (exact) mass is 269 g/mol. The Kier molecular flexibility index (Phi) is 4.87. The Hall–Kier alpha value is -2.17. The molecule has 0 atom stereocenters. The number of nitrogens with zero attached hydrogens (tertiary/aromatic N) is 3. The van der Waals surface area contributed by atoms with Crippen LogP contribution in [0.25, 0.3) is 6.08 Å². The molecule has 0 radical (unpaired) electrons. The van der Waals surface area contributed by atoms with Gasteiger partial charge in [0.2, 0.25) is 0 Å². The van der Waals surface area contributed by atoms with Crippen molar-refractivity contribution in [2.24, 2.45) is 0 Å². The molecule has 1 aromatic rings. The Labute approximate surface area is 118 Å². The lowest BCUT2D eigenvalue weighted by Crippen LogP contribution is -2.29. The van der Waals surface area contributed by atoms with Crippen molar-refractivity contribution < 1.29 is 4.39 Å². The predicted molar refractivity (Wildman–Crippen MR) is 74.7 cm³/mol. The first-order valence-corrected chi connectivity index (χ1v) is 6.75. The summed E-state index contributed by atoms with van der Waals surface area (Å²) in [5, 5.41) is 17.7. The first kappa shape index (κ1) is 14.2. The summed E-state index contributed by atoms with van der Waals surface area (Å²) < 4.78 is 13.4. The van der Waals surface area contributed by atoms with Crippen molar-refractivity contribution in [2.45, 2.75) is 25.8 Å². The topological polar surface area (TPSA) is 50.8 Å². The standard InChI is InChI=1S/C16H16FN3/c17-16-5-4-14(8-13(10-18)11-19)15(9-16)12-20-6-2-1-3-7-20/h4-5,8-9H,1-3,6-7,12H2. The van der Waals surface area contributed by atoms with Gasteiger partial charge in [0.25, 0.3) is 0 Å². The van der Waals surface area contributed by atoms with E-state index in [1.165, 1.54) is 37.5 Å². The van der Waals surface area contributed by atoms with Gasteiger partial charge in [-0.2, -0.15) is 10.5 Å². The van der Waals surface area contributed by atoms with Crippen LogP contribution in [-0.4, -0.2) is 18.0 Å². The molecule has 0 aliphatic carbocycles. The molecule has 0 bridgehead atoms. The van der Waals surface area contributed by atoms with E-state index in [4.69, 9.17) is 10.5 Å². The van der Waals surface area contributed by atoms with Crippen LogP contribution in [0.1, 0.15) is 30.4 Å². The number of benzene rings is 1. The molecular weight excluding hydrogens is 253 g/mol. The first-order chi connectivity index (χ1) is 9.72. The molecule has 102 valence electrons. The van der Waals surface area contributed by atoms with Crippen molar-refractivity contribution in [1.29, 1.82) is 10.5 Å². The molecule has 3 nitrogen and oxygen atoms in total. The molecule has 1 saturated heterocycles. The normalized spacial score (nSPS) is 15.2. The minimum atomic E-state index is -0.287. The molecule has 0 N–H and O–H groups in total. The predicted octanol–water partition coefficient (Wildman–Crippen LogP) is 3.24. The van der Waals surface area contributed by atoms with Gasteiger partial charge >= 0.3 is 0 Å². The number of halogens is 1. The van der Waals surface area contributed by atoms with E-state index in [2.05, 4.69) is 4.90 Å². The SMILES string of the molecule is N#CC(C#N)=Cc1ccc(F)cc1CN1CCCCC1. The van der Waals surface area contributed by atoms with Crippen LogP contribution in [-0.2, 0) is 6.54 Å². The Morgan fingerprint density at radius 3 is 2.55 bits per heavy atom. The highest BCUT2D eigenvalue weighted by Gasteiger charge is 2.13. The lowest BCUT2D eigenvalue weighted by atomic mass is 10.0. The lowest BCUT2D eigenvalue weighted by Gasteiger charge is -2.27. The highest BCUT2D eigenvalue weighted by Crippen LogP contribution is 2.19. The summed E-state index contributed by atoms with van der Waals surface area (Å²) >= 11 is 0. The number of nitriles is 2. The highest BCUT2D eigenvalue weighted by molar-refractivity contribution is 5.64. The van der Waals surface area contributed by atoms with Crippen LogP contribution < -0.4 is 0 Å². The van der Waals surface area contributed by atoms with E-state index in [1.807, 2.05) is 12.1 Å². The molecule has 0 saturated carbocycles. The summed E-state index contributed by atoms with van der Waals surface area (Å²) in [4.78, 5) is 2.29. The van der Waals surface area contributed by atoms with Crippen molar-refractivity contribution in [3.05, 3.63) is 40.7 Å². The quantitative estimate of drug-likeness (QED) is 0.791. The van der Waals surface area contributed by atoms with Crippen LogP contribution in [0.15, 0.2) is 23.8 Å². The third-order valence-corrected chi connectivity index (χ3v) is 3.49. The van der Waals surface area contributed by atoms with E-state index in [9.17, 15) is 4.39 Å². The Bertz CT molecular complexity index is 571. The van der Waals surface area contributed by atoms with Gasteiger partial charge in [-0.05, 0) is 55.3 Å². The smallest absolute Gasteiger partial charge is 0.130 e. The average Bonchev–Trinajstić information content (AvgIpc) is 2.48. The molecule has 1 aromatic carbocycles. The van der Waals surface area contributed by atoms with E-state index in [-0.39, 0.29) is 11.4 Å². The second-order valence-corrected chi connectivity index (χ2v) is 4.96. The van der Waals surface area contributed by atoms with Gasteiger partial charge in [-0.25, -0.2) is 4.39 Å². The molecule has 0 amide bonds. The lowest BCUT2D eigenvalue weighted by molar-refractivity contribution is 0.220. The number of hydrogen-bond acceptors (Lipinski definition) is 3. The molecule has 0 aromatic heterocycles. The fourth-order valence-corrected chi connectivity index (χ4v) is 2.46. The largest absolute Gasteiger partial charge is 0.299 e. The van der Waals surface area contributed by atoms with Gasteiger partial charge in [0, 0.05) is 6.54 Å². The second kappa shape index (κ2) is 6.84. The van der Waals surface area contributed by atoms with Gasteiger partial charge in [0.15, 0.2) is 0 Å². The summed E-state index contributed by atoms with van der Waals surface area (Å²) in [6.07, 6.45) is 5.11. The number of rotatable bonds is 3. The highest BCUT2D eigenvalue weighted by atomic mass is 19.1. The van der Waals surface area contributed by atoms with Crippen LogP contribution in [0, 0.1) is 28.5 Å². The second-order valence-electron chi connectivity index (χ2n) is 4.96. The molecule has 1 aliphatic rings. The van der Waals surface area contributed by atoms with E-state index in [0.717, 1.165) is 24.2 Å². The molecule has 1 heterocycles. The zero-order chi connectivity index (χ0) is 14.4. The van der Waals surface area contributed by atoms with Crippen molar-refractivity contribution in [2.75, 3.05) is 13.1 Å². The van der Waals surface area contributed by atoms with E-state index in [0.29, 0.717) is 6.54 Å². The Balaban J connectivity index is 2.26. The average molecular weight is 269 g/mol. The third-order valence-electron chi connectivity index (χ3n) is 3.49. The minimum Gasteiger partial charge on any atom is -0.299 e. The number of piperidine rings is 1. The summed E-state index contributed by atoms with van der Waals surface area (Å²) in [6, 6.07) is 8.16. The van der Waals surface area contributed by atoms with Gasteiger partial charge in [-0.1, -0.05) is 12.5 Å². The van der Waals surface area contributed by atoms with Crippen LogP contribution in [0.3, 0.4) is 0 Å². The fraction of sp³-hybridized carbons (Fsp3) is 0.375. The maximum Gasteiger partial charge on any atom is 0.130 e. The summed E-state index contributed by atoms with van der Waals surface area (Å²) in [7, 11) is 0. The minimum absolute atomic E-state index is 0.0384. The van der Waals surface area contributed by atoms with Gasteiger partial charge in [-0.15, -0.1) is 0 Å². The van der Waals surface area contributed by atoms with Crippen molar-refractivity contribution in [3.63, 3.8) is 0 Å². The molecule has 1 fully saturated rings. The zero-order valence-electron chi connectivity index (χ0n) is 11.3. The molecule has 0 spiro atoms. The van der Waals surface area contributed by atoms with Crippen LogP contribution in [0.2, 0.25) is 0 Å². The van der Waals surface area contributed by atoms with Crippen molar-refractivity contribution >= 4 is 6.08 Å². The molecule has 4 heteroatoms. The first-order valence-electron chi connectivity index (χ1n) is 6.75.